The molecule has 0 N–H and O–H groups in total. The van der Waals surface area contributed by atoms with Crippen molar-refractivity contribution in [3.05, 3.63) is 0 Å². The lowest BCUT2D eigenvalue weighted by atomic mass is 9.90. The Hall–Kier alpha value is -1.06. The number of hydrogen-bond acceptors (Lipinski definition) is 4. The highest BCUT2D eigenvalue weighted by Crippen LogP contribution is 2.22. The van der Waals surface area contributed by atoms with Crippen molar-refractivity contribution in [3.63, 3.8) is 0 Å². The first-order valence-electron chi connectivity index (χ1n) is 12.6. The summed E-state index contributed by atoms with van der Waals surface area (Å²) in [4.78, 5) is 23.6. The summed E-state index contributed by atoms with van der Waals surface area (Å²) in [6.07, 6.45) is 17.2. The molecule has 0 heterocycles. The van der Waals surface area contributed by atoms with Gasteiger partial charge in [-0.1, -0.05) is 98.3 Å². The molecule has 0 saturated carbocycles. The van der Waals surface area contributed by atoms with Gasteiger partial charge >= 0.3 is 11.9 Å². The van der Waals surface area contributed by atoms with Crippen LogP contribution >= 0.6 is 0 Å². The zero-order chi connectivity index (χ0) is 22.7. The third-order valence-electron chi connectivity index (χ3n) is 5.80. The maximum atomic E-state index is 11.8. The Labute approximate surface area is 186 Å². The Morgan fingerprint density at radius 3 is 1.60 bits per heavy atom. The molecule has 0 bridgehead atoms. The summed E-state index contributed by atoms with van der Waals surface area (Å²) < 4.78 is 10.8. The van der Waals surface area contributed by atoms with E-state index in [1.165, 1.54) is 44.9 Å². The molecule has 0 rings (SSSR count). The van der Waals surface area contributed by atoms with Crippen LogP contribution in [0.15, 0.2) is 0 Å². The molecular weight excluding hydrogens is 376 g/mol. The van der Waals surface area contributed by atoms with E-state index in [2.05, 4.69) is 27.7 Å². The van der Waals surface area contributed by atoms with Gasteiger partial charge in [0.25, 0.3) is 0 Å². The molecule has 0 aromatic heterocycles. The summed E-state index contributed by atoms with van der Waals surface area (Å²) in [5.41, 5.74) is -0.00923. The molecule has 0 aromatic rings. The molecule has 0 radical (unpaired) electrons. The third-order valence-corrected chi connectivity index (χ3v) is 5.80. The number of carbonyl (C=O) groups is 2. The Morgan fingerprint density at radius 2 is 1.10 bits per heavy atom. The highest BCUT2D eigenvalue weighted by molar-refractivity contribution is 5.69. The van der Waals surface area contributed by atoms with Crippen LogP contribution in [-0.2, 0) is 19.1 Å². The van der Waals surface area contributed by atoms with Crippen molar-refractivity contribution in [1.82, 2.24) is 0 Å². The van der Waals surface area contributed by atoms with E-state index in [4.69, 9.17) is 9.47 Å². The highest BCUT2D eigenvalue weighted by atomic mass is 16.5. The second-order valence-corrected chi connectivity index (χ2v) is 9.81. The molecule has 178 valence electrons. The molecule has 4 nitrogen and oxygen atoms in total. The predicted octanol–water partition coefficient (Wildman–Crippen LogP) is 7.77. The van der Waals surface area contributed by atoms with Gasteiger partial charge in [-0.15, -0.1) is 0 Å². The Kier molecular flexibility index (Phi) is 18.0. The van der Waals surface area contributed by atoms with Gasteiger partial charge in [-0.05, 0) is 31.6 Å². The molecule has 0 saturated heterocycles. The zero-order valence-electron chi connectivity index (χ0n) is 20.7. The average molecular weight is 427 g/mol. The molecule has 0 amide bonds. The topological polar surface area (TPSA) is 52.6 Å². The van der Waals surface area contributed by atoms with Gasteiger partial charge in [-0.3, -0.25) is 9.59 Å². The third kappa shape index (κ3) is 18.9. The monoisotopic (exact) mass is 426 g/mol. The molecule has 0 aromatic carbocycles. The van der Waals surface area contributed by atoms with Crippen molar-refractivity contribution in [2.45, 2.75) is 143 Å². The molecule has 4 heteroatoms. The summed E-state index contributed by atoms with van der Waals surface area (Å²) in [5, 5.41) is 0. The number of rotatable bonds is 19. The summed E-state index contributed by atoms with van der Waals surface area (Å²) in [5.74, 6) is -0.134. The van der Waals surface area contributed by atoms with Crippen LogP contribution in [0.25, 0.3) is 0 Å². The van der Waals surface area contributed by atoms with Crippen LogP contribution in [0.4, 0.5) is 0 Å². The maximum absolute atomic E-state index is 11.8. The Bertz CT molecular complexity index is 425. The van der Waals surface area contributed by atoms with Crippen LogP contribution in [0.2, 0.25) is 0 Å². The number of esters is 2. The molecule has 0 aliphatic carbocycles. The average Bonchev–Trinajstić information content (AvgIpc) is 2.68. The minimum atomic E-state index is -0.0864. The van der Waals surface area contributed by atoms with E-state index in [0.717, 1.165) is 44.9 Å². The largest absolute Gasteiger partial charge is 0.466 e. The first-order valence-corrected chi connectivity index (χ1v) is 12.6. The van der Waals surface area contributed by atoms with Crippen molar-refractivity contribution < 1.29 is 19.1 Å². The van der Waals surface area contributed by atoms with Crippen molar-refractivity contribution >= 4 is 11.9 Å². The molecule has 0 aliphatic heterocycles. The second kappa shape index (κ2) is 18.7. The van der Waals surface area contributed by atoms with E-state index in [1.54, 1.807) is 0 Å². The van der Waals surface area contributed by atoms with Gasteiger partial charge in [0.2, 0.25) is 0 Å². The number of unbranched alkanes of at least 4 members (excludes halogenated alkanes) is 12. The van der Waals surface area contributed by atoms with E-state index in [-0.39, 0.29) is 23.5 Å². The standard InChI is InChI=1S/C26H50O4/c1-6-7-8-9-10-13-16-19-22-29-24(27)20-17-14-11-12-15-18-21-25(28)30-23(2)26(3,4)5/h23H,6-22H2,1-5H3. The van der Waals surface area contributed by atoms with Gasteiger partial charge in [-0.2, -0.15) is 0 Å². The molecule has 0 fully saturated rings. The van der Waals surface area contributed by atoms with E-state index < -0.39 is 0 Å². The van der Waals surface area contributed by atoms with E-state index in [9.17, 15) is 9.59 Å². The fourth-order valence-electron chi connectivity index (χ4n) is 3.17. The van der Waals surface area contributed by atoms with E-state index in [1.807, 2.05) is 6.92 Å². The summed E-state index contributed by atoms with van der Waals surface area (Å²) in [6.45, 7) is 11.0. The quantitative estimate of drug-likeness (QED) is 0.156. The molecule has 0 aliphatic rings. The Balaban J connectivity index is 3.38. The van der Waals surface area contributed by atoms with Crippen LogP contribution in [0.5, 0.6) is 0 Å². The molecule has 1 atom stereocenters. The summed E-state index contributed by atoms with van der Waals surface area (Å²) in [6, 6.07) is 0. The molecule has 30 heavy (non-hydrogen) atoms. The van der Waals surface area contributed by atoms with Gasteiger partial charge in [0.05, 0.1) is 6.61 Å². The molecule has 1 unspecified atom stereocenters. The SMILES string of the molecule is CCCCCCCCCCOC(=O)CCCCCCCCC(=O)OC(C)C(C)(C)C. The predicted molar refractivity (Wildman–Crippen MR) is 126 cm³/mol. The zero-order valence-corrected chi connectivity index (χ0v) is 20.7. The Morgan fingerprint density at radius 1 is 0.667 bits per heavy atom. The van der Waals surface area contributed by atoms with E-state index in [0.29, 0.717) is 19.4 Å². The summed E-state index contributed by atoms with van der Waals surface area (Å²) in [7, 11) is 0. The van der Waals surface area contributed by atoms with Crippen molar-refractivity contribution in [1.29, 1.82) is 0 Å². The van der Waals surface area contributed by atoms with Gasteiger partial charge in [-0.25, -0.2) is 0 Å². The van der Waals surface area contributed by atoms with Crippen molar-refractivity contribution in [3.8, 4) is 0 Å². The van der Waals surface area contributed by atoms with Gasteiger partial charge in [0, 0.05) is 12.8 Å². The fourth-order valence-corrected chi connectivity index (χ4v) is 3.17. The number of ether oxygens (including phenoxy) is 2. The lowest BCUT2D eigenvalue weighted by molar-refractivity contribution is -0.153. The summed E-state index contributed by atoms with van der Waals surface area (Å²) >= 11 is 0. The highest BCUT2D eigenvalue weighted by Gasteiger charge is 2.23. The minimum Gasteiger partial charge on any atom is -0.466 e. The van der Waals surface area contributed by atoms with Crippen LogP contribution in [0.1, 0.15) is 137 Å². The first-order chi connectivity index (χ1) is 14.3. The minimum absolute atomic E-state index is 0.00923. The smallest absolute Gasteiger partial charge is 0.306 e. The van der Waals surface area contributed by atoms with Crippen molar-refractivity contribution in [2.75, 3.05) is 6.61 Å². The number of carbonyl (C=O) groups excluding carboxylic acids is 2. The van der Waals surface area contributed by atoms with Gasteiger partial charge in [0.1, 0.15) is 6.10 Å². The van der Waals surface area contributed by atoms with Crippen molar-refractivity contribution in [2.24, 2.45) is 5.41 Å². The molecular formula is C26H50O4. The van der Waals surface area contributed by atoms with Gasteiger partial charge in [0.15, 0.2) is 0 Å². The number of hydrogen-bond donors (Lipinski definition) is 0. The lowest BCUT2D eigenvalue weighted by Crippen LogP contribution is -2.28. The lowest BCUT2D eigenvalue weighted by Gasteiger charge is -2.26. The second-order valence-electron chi connectivity index (χ2n) is 9.81. The normalized spacial score (nSPS) is 12.6. The van der Waals surface area contributed by atoms with Crippen LogP contribution < -0.4 is 0 Å². The first kappa shape index (κ1) is 28.9. The molecule has 0 spiro atoms. The van der Waals surface area contributed by atoms with E-state index >= 15 is 0 Å². The maximum Gasteiger partial charge on any atom is 0.306 e. The van der Waals surface area contributed by atoms with Crippen LogP contribution in [-0.4, -0.2) is 24.6 Å². The van der Waals surface area contributed by atoms with Crippen LogP contribution in [0, 0.1) is 5.41 Å². The van der Waals surface area contributed by atoms with Gasteiger partial charge < -0.3 is 9.47 Å². The van der Waals surface area contributed by atoms with Crippen LogP contribution in [0.3, 0.4) is 0 Å². The fraction of sp³-hybridized carbons (Fsp3) is 0.923.